The summed E-state index contributed by atoms with van der Waals surface area (Å²) >= 11 is 12.0. The molecule has 0 spiro atoms. The van der Waals surface area contributed by atoms with E-state index in [0.717, 1.165) is 25.8 Å². The van der Waals surface area contributed by atoms with E-state index < -0.39 is 0 Å². The maximum Gasteiger partial charge on any atom is 0.253 e. The monoisotopic (exact) mass is 453 g/mol. The molecule has 1 saturated carbocycles. The zero-order chi connectivity index (χ0) is 21.7. The Morgan fingerprint density at radius 2 is 1.77 bits per heavy atom. The van der Waals surface area contributed by atoms with E-state index in [1.54, 1.807) is 18.2 Å². The minimum absolute atomic E-state index is 0.0353. The number of carbonyl (C=O) groups excluding carboxylic acids is 2. The van der Waals surface area contributed by atoms with Gasteiger partial charge in [-0.25, -0.2) is 0 Å². The fraction of sp³-hybridized carbons (Fsp3) is 0.652. The number of piperazine rings is 1. The van der Waals surface area contributed by atoms with Gasteiger partial charge in [0, 0.05) is 38.3 Å². The molecule has 7 heteroatoms. The van der Waals surface area contributed by atoms with Crippen molar-refractivity contribution in [2.75, 3.05) is 32.7 Å². The third kappa shape index (κ3) is 5.68. The Hall–Kier alpha value is -1.30. The average Bonchev–Trinajstić information content (AvgIpc) is 3.28. The summed E-state index contributed by atoms with van der Waals surface area (Å²) in [5.41, 5.74) is 0.552. The van der Waals surface area contributed by atoms with Crippen LogP contribution in [0, 0.1) is 11.8 Å². The van der Waals surface area contributed by atoms with Gasteiger partial charge < -0.3 is 10.2 Å². The molecule has 2 fully saturated rings. The Bertz CT molecular complexity index is 744. The van der Waals surface area contributed by atoms with Gasteiger partial charge in [0.1, 0.15) is 0 Å². The van der Waals surface area contributed by atoms with Crippen LogP contribution in [0.4, 0.5) is 0 Å². The van der Waals surface area contributed by atoms with Crippen molar-refractivity contribution in [1.82, 2.24) is 15.1 Å². The summed E-state index contributed by atoms with van der Waals surface area (Å²) in [5, 5.41) is 4.03. The molecule has 166 valence electrons. The number of rotatable bonds is 7. The lowest BCUT2D eigenvalue weighted by Crippen LogP contribution is -2.58. The largest absolute Gasteiger partial charge is 0.354 e. The van der Waals surface area contributed by atoms with Crippen molar-refractivity contribution < 1.29 is 9.59 Å². The van der Waals surface area contributed by atoms with Crippen molar-refractivity contribution in [3.63, 3.8) is 0 Å². The van der Waals surface area contributed by atoms with Crippen LogP contribution in [0.2, 0.25) is 10.0 Å². The molecule has 2 amide bonds. The standard InChI is InChI=1S/C23H33Cl2N3O2/c1-3-16(2)15-26-22(29)21(17-6-4-5-7-17)27-10-12-28(13-11-27)23(30)18-8-9-19(24)20(25)14-18/h8-9,14,16-17,21H,3-7,10-13,15H2,1-2H3,(H,26,29)/t16-,21+/m1/s1. The lowest BCUT2D eigenvalue weighted by atomic mass is 9.94. The van der Waals surface area contributed by atoms with E-state index in [9.17, 15) is 9.59 Å². The maximum absolute atomic E-state index is 13.1. The summed E-state index contributed by atoms with van der Waals surface area (Å²) in [6.07, 6.45) is 5.70. The van der Waals surface area contributed by atoms with Gasteiger partial charge in [-0.1, -0.05) is 56.3 Å². The summed E-state index contributed by atoms with van der Waals surface area (Å²) in [6.45, 7) is 7.69. The third-order valence-corrected chi connectivity index (χ3v) is 7.34. The Labute approximate surface area is 190 Å². The predicted octanol–water partition coefficient (Wildman–Crippen LogP) is 4.47. The second kappa shape index (κ2) is 10.8. The third-order valence-electron chi connectivity index (χ3n) is 6.60. The number of halogens is 2. The number of carbonyl (C=O) groups is 2. The normalized spacial score (nSPS) is 20.2. The van der Waals surface area contributed by atoms with Gasteiger partial charge in [0.15, 0.2) is 0 Å². The zero-order valence-corrected chi connectivity index (χ0v) is 19.5. The molecule has 30 heavy (non-hydrogen) atoms. The number of nitrogens with one attached hydrogen (secondary N) is 1. The molecule has 1 aliphatic carbocycles. The van der Waals surface area contributed by atoms with Gasteiger partial charge in [-0.3, -0.25) is 14.5 Å². The predicted molar refractivity (Wildman–Crippen MR) is 122 cm³/mol. The molecule has 5 nitrogen and oxygen atoms in total. The molecule has 0 radical (unpaired) electrons. The van der Waals surface area contributed by atoms with Crippen molar-refractivity contribution in [3.05, 3.63) is 33.8 Å². The molecule has 0 unspecified atom stereocenters. The van der Waals surface area contributed by atoms with Crippen LogP contribution < -0.4 is 5.32 Å². The van der Waals surface area contributed by atoms with Crippen LogP contribution >= 0.6 is 23.2 Å². The highest BCUT2D eigenvalue weighted by atomic mass is 35.5. The van der Waals surface area contributed by atoms with Gasteiger partial charge in [-0.2, -0.15) is 0 Å². The van der Waals surface area contributed by atoms with Gasteiger partial charge in [-0.15, -0.1) is 0 Å². The van der Waals surface area contributed by atoms with E-state index >= 15 is 0 Å². The van der Waals surface area contributed by atoms with Crippen LogP contribution in [-0.4, -0.2) is 60.4 Å². The summed E-state index contributed by atoms with van der Waals surface area (Å²) in [5.74, 6) is 1.02. The van der Waals surface area contributed by atoms with E-state index in [4.69, 9.17) is 23.2 Å². The van der Waals surface area contributed by atoms with Crippen molar-refractivity contribution >= 4 is 35.0 Å². The number of nitrogens with zero attached hydrogens (tertiary/aromatic N) is 2. The highest BCUT2D eigenvalue weighted by molar-refractivity contribution is 6.42. The first-order valence-corrected chi connectivity index (χ1v) is 11.9. The second-order valence-electron chi connectivity index (χ2n) is 8.71. The SMILES string of the molecule is CC[C@@H](C)CNC(=O)[C@H](C1CCCC1)N1CCN(C(=O)c2ccc(Cl)c(Cl)c2)CC1. The zero-order valence-electron chi connectivity index (χ0n) is 18.0. The highest BCUT2D eigenvalue weighted by Gasteiger charge is 2.37. The summed E-state index contributed by atoms with van der Waals surface area (Å²) in [7, 11) is 0. The van der Waals surface area contributed by atoms with Crippen LogP contribution in [-0.2, 0) is 4.79 Å². The van der Waals surface area contributed by atoms with E-state index in [-0.39, 0.29) is 17.9 Å². The smallest absolute Gasteiger partial charge is 0.253 e. The minimum Gasteiger partial charge on any atom is -0.354 e. The molecule has 1 N–H and O–H groups in total. The Balaban J connectivity index is 1.62. The Morgan fingerprint density at radius 1 is 1.10 bits per heavy atom. The lowest BCUT2D eigenvalue weighted by molar-refractivity contribution is -0.129. The van der Waals surface area contributed by atoms with Crippen molar-refractivity contribution in [1.29, 1.82) is 0 Å². The minimum atomic E-state index is -0.0845. The van der Waals surface area contributed by atoms with E-state index in [0.29, 0.717) is 53.6 Å². The molecule has 1 heterocycles. The summed E-state index contributed by atoms with van der Waals surface area (Å²) < 4.78 is 0. The van der Waals surface area contributed by atoms with Gasteiger partial charge >= 0.3 is 0 Å². The summed E-state index contributed by atoms with van der Waals surface area (Å²) in [4.78, 5) is 30.1. The van der Waals surface area contributed by atoms with Crippen molar-refractivity contribution in [2.24, 2.45) is 11.8 Å². The molecule has 1 aromatic carbocycles. The molecule has 1 aromatic rings. The first-order valence-electron chi connectivity index (χ1n) is 11.2. The molecule has 1 aliphatic heterocycles. The van der Waals surface area contributed by atoms with Crippen LogP contribution in [0.5, 0.6) is 0 Å². The van der Waals surface area contributed by atoms with Crippen LogP contribution in [0.1, 0.15) is 56.3 Å². The number of hydrogen-bond acceptors (Lipinski definition) is 3. The lowest BCUT2D eigenvalue weighted by Gasteiger charge is -2.41. The molecule has 0 aromatic heterocycles. The highest BCUT2D eigenvalue weighted by Crippen LogP contribution is 2.31. The molecule has 0 bridgehead atoms. The quantitative estimate of drug-likeness (QED) is 0.662. The first kappa shape index (κ1) is 23.4. The molecule has 2 aliphatic rings. The Kier molecular flexibility index (Phi) is 8.44. The van der Waals surface area contributed by atoms with Gasteiger partial charge in [0.05, 0.1) is 16.1 Å². The Morgan fingerprint density at radius 3 is 2.37 bits per heavy atom. The van der Waals surface area contributed by atoms with Crippen LogP contribution in [0.3, 0.4) is 0 Å². The number of benzene rings is 1. The maximum atomic E-state index is 13.1. The molecule has 2 atom stereocenters. The van der Waals surface area contributed by atoms with Gasteiger partial charge in [-0.05, 0) is 42.9 Å². The van der Waals surface area contributed by atoms with Crippen LogP contribution in [0.15, 0.2) is 18.2 Å². The first-order chi connectivity index (χ1) is 14.4. The molecular weight excluding hydrogens is 421 g/mol. The van der Waals surface area contributed by atoms with E-state index in [1.807, 2.05) is 4.90 Å². The fourth-order valence-electron chi connectivity index (χ4n) is 4.49. The van der Waals surface area contributed by atoms with E-state index in [2.05, 4.69) is 24.1 Å². The topological polar surface area (TPSA) is 52.7 Å². The van der Waals surface area contributed by atoms with Gasteiger partial charge in [0.2, 0.25) is 5.91 Å². The number of hydrogen-bond donors (Lipinski definition) is 1. The summed E-state index contributed by atoms with van der Waals surface area (Å²) in [6, 6.07) is 4.92. The van der Waals surface area contributed by atoms with Crippen molar-refractivity contribution in [2.45, 2.75) is 52.0 Å². The van der Waals surface area contributed by atoms with Gasteiger partial charge in [0.25, 0.3) is 5.91 Å². The molecular formula is C23H33Cl2N3O2. The second-order valence-corrected chi connectivity index (χ2v) is 9.52. The van der Waals surface area contributed by atoms with E-state index in [1.165, 1.54) is 12.8 Å². The average molecular weight is 454 g/mol. The molecule has 1 saturated heterocycles. The fourth-order valence-corrected chi connectivity index (χ4v) is 4.79. The molecule has 3 rings (SSSR count). The van der Waals surface area contributed by atoms with Crippen LogP contribution in [0.25, 0.3) is 0 Å². The van der Waals surface area contributed by atoms with Crippen molar-refractivity contribution in [3.8, 4) is 0 Å². The number of amides is 2.